The van der Waals surface area contributed by atoms with Gasteiger partial charge >= 0.3 is 0 Å². The fraction of sp³-hybridized carbons (Fsp3) is 0.625. The van der Waals surface area contributed by atoms with E-state index in [1.54, 1.807) is 0 Å². The monoisotopic (exact) mass is 281 g/mol. The van der Waals surface area contributed by atoms with E-state index in [1.165, 1.54) is 24.8 Å². The molecule has 0 amide bonds. The summed E-state index contributed by atoms with van der Waals surface area (Å²) < 4.78 is 6.19. The van der Waals surface area contributed by atoms with Gasteiger partial charge in [0.1, 0.15) is 0 Å². The molecule has 0 unspecified atom stereocenters. The fourth-order valence-electron chi connectivity index (χ4n) is 2.44. The zero-order valence-corrected chi connectivity index (χ0v) is 12.7. The van der Waals surface area contributed by atoms with Crippen molar-refractivity contribution in [3.63, 3.8) is 0 Å². The van der Waals surface area contributed by atoms with Crippen LogP contribution in [0.3, 0.4) is 0 Å². The largest absolute Gasteiger partial charge is 0.370 e. The first kappa shape index (κ1) is 14.8. The molecule has 19 heavy (non-hydrogen) atoms. The van der Waals surface area contributed by atoms with E-state index < -0.39 is 0 Å². The Morgan fingerprint density at radius 2 is 1.95 bits per heavy atom. The highest BCUT2D eigenvalue weighted by Gasteiger charge is 2.37. The van der Waals surface area contributed by atoms with Crippen LogP contribution in [0.2, 0.25) is 5.02 Å². The maximum atomic E-state index is 6.19. The quantitative estimate of drug-likeness (QED) is 0.810. The van der Waals surface area contributed by atoms with Crippen LogP contribution in [0, 0.1) is 0 Å². The van der Waals surface area contributed by atoms with Gasteiger partial charge in [-0.25, -0.2) is 0 Å². The highest BCUT2D eigenvalue weighted by molar-refractivity contribution is 6.30. The second-order valence-corrected chi connectivity index (χ2v) is 6.25. The Hall–Kier alpha value is -0.570. The molecule has 0 bridgehead atoms. The summed E-state index contributed by atoms with van der Waals surface area (Å²) in [6.45, 7) is 6.10. The van der Waals surface area contributed by atoms with Crippen molar-refractivity contribution in [2.24, 2.45) is 0 Å². The Balaban J connectivity index is 1.80. The molecular weight excluding hydrogens is 258 g/mol. The first-order valence-electron chi connectivity index (χ1n) is 7.21. The Morgan fingerprint density at radius 1 is 1.26 bits per heavy atom. The molecule has 2 rings (SSSR count). The Bertz CT molecular complexity index is 384. The molecule has 0 aliphatic heterocycles. The number of benzene rings is 1. The van der Waals surface area contributed by atoms with Crippen molar-refractivity contribution in [2.75, 3.05) is 6.54 Å². The lowest BCUT2D eigenvalue weighted by molar-refractivity contribution is -0.114. The molecule has 1 aliphatic rings. The van der Waals surface area contributed by atoms with Crippen LogP contribution >= 0.6 is 11.6 Å². The summed E-state index contributed by atoms with van der Waals surface area (Å²) >= 11 is 5.89. The van der Waals surface area contributed by atoms with Crippen LogP contribution < -0.4 is 5.32 Å². The van der Waals surface area contributed by atoms with E-state index in [2.05, 4.69) is 19.2 Å². The van der Waals surface area contributed by atoms with E-state index >= 15 is 0 Å². The maximum Gasteiger partial charge on any atom is 0.0724 e. The summed E-state index contributed by atoms with van der Waals surface area (Å²) in [6, 6.07) is 8.48. The van der Waals surface area contributed by atoms with Crippen molar-refractivity contribution in [1.29, 1.82) is 0 Å². The molecule has 1 N–H and O–H groups in total. The molecule has 0 atom stereocenters. The van der Waals surface area contributed by atoms with Gasteiger partial charge in [0.25, 0.3) is 0 Å². The van der Waals surface area contributed by atoms with Gasteiger partial charge in [-0.3, -0.25) is 0 Å². The third-order valence-electron chi connectivity index (χ3n) is 3.86. The fourth-order valence-corrected chi connectivity index (χ4v) is 2.57. The summed E-state index contributed by atoms with van der Waals surface area (Å²) in [5, 5.41) is 4.26. The zero-order chi connectivity index (χ0) is 13.7. The van der Waals surface area contributed by atoms with Crippen molar-refractivity contribution in [3.05, 3.63) is 34.9 Å². The summed E-state index contributed by atoms with van der Waals surface area (Å²) in [5.74, 6) is 0. The first-order chi connectivity index (χ1) is 9.10. The lowest BCUT2D eigenvalue weighted by Gasteiger charge is -2.42. The van der Waals surface area contributed by atoms with Crippen LogP contribution in [-0.4, -0.2) is 18.2 Å². The number of nitrogens with one attached hydrogen (secondary N) is 1. The molecule has 1 aromatic carbocycles. The average molecular weight is 282 g/mol. The smallest absolute Gasteiger partial charge is 0.0724 e. The minimum atomic E-state index is 0.113. The van der Waals surface area contributed by atoms with E-state index in [1.807, 2.05) is 24.3 Å². The van der Waals surface area contributed by atoms with Gasteiger partial charge in [0.05, 0.1) is 12.2 Å². The number of hydrogen-bond donors (Lipinski definition) is 1. The number of hydrogen-bond acceptors (Lipinski definition) is 2. The van der Waals surface area contributed by atoms with Crippen LogP contribution in [0.5, 0.6) is 0 Å². The molecule has 0 saturated heterocycles. The number of ether oxygens (including phenoxy) is 1. The summed E-state index contributed by atoms with van der Waals surface area (Å²) in [5.41, 5.74) is 1.31. The predicted molar refractivity (Wildman–Crippen MR) is 80.6 cm³/mol. The van der Waals surface area contributed by atoms with Crippen LogP contribution in [0.4, 0.5) is 0 Å². The highest BCUT2D eigenvalue weighted by Crippen LogP contribution is 2.39. The van der Waals surface area contributed by atoms with Gasteiger partial charge in [0, 0.05) is 11.1 Å². The van der Waals surface area contributed by atoms with Gasteiger partial charge < -0.3 is 10.1 Å². The molecule has 1 aromatic rings. The van der Waals surface area contributed by atoms with Crippen molar-refractivity contribution in [3.8, 4) is 0 Å². The van der Waals surface area contributed by atoms with Gasteiger partial charge in [-0.2, -0.15) is 0 Å². The summed E-state index contributed by atoms with van der Waals surface area (Å²) in [7, 11) is 0. The van der Waals surface area contributed by atoms with Crippen molar-refractivity contribution < 1.29 is 4.74 Å². The van der Waals surface area contributed by atoms with Gasteiger partial charge in [0.15, 0.2) is 0 Å². The molecule has 0 aromatic heterocycles. The molecule has 1 fully saturated rings. The van der Waals surface area contributed by atoms with Crippen LogP contribution in [0.15, 0.2) is 24.3 Å². The van der Waals surface area contributed by atoms with Gasteiger partial charge in [-0.1, -0.05) is 37.6 Å². The van der Waals surface area contributed by atoms with Crippen LogP contribution in [0.1, 0.15) is 45.1 Å². The summed E-state index contributed by atoms with van der Waals surface area (Å²) in [6.07, 6.45) is 4.79. The third kappa shape index (κ3) is 4.48. The minimum Gasteiger partial charge on any atom is -0.370 e. The van der Waals surface area contributed by atoms with E-state index in [0.29, 0.717) is 12.6 Å². The van der Waals surface area contributed by atoms with Crippen molar-refractivity contribution >= 4 is 11.6 Å². The molecule has 2 nitrogen and oxygen atoms in total. The predicted octanol–water partition coefficient (Wildman–Crippen LogP) is 4.17. The van der Waals surface area contributed by atoms with E-state index in [9.17, 15) is 0 Å². The average Bonchev–Trinajstić information content (AvgIpc) is 2.33. The molecule has 0 heterocycles. The Morgan fingerprint density at radius 3 is 2.47 bits per heavy atom. The zero-order valence-electron chi connectivity index (χ0n) is 11.9. The maximum absolute atomic E-state index is 6.19. The van der Waals surface area contributed by atoms with E-state index in [4.69, 9.17) is 16.3 Å². The SMILES string of the molecule is CC(C)NCCC1(OCc2ccc(Cl)cc2)CCC1. The molecule has 3 heteroatoms. The minimum absolute atomic E-state index is 0.113. The van der Waals surface area contributed by atoms with Crippen LogP contribution in [-0.2, 0) is 11.3 Å². The van der Waals surface area contributed by atoms with E-state index in [-0.39, 0.29) is 5.60 Å². The highest BCUT2D eigenvalue weighted by atomic mass is 35.5. The van der Waals surface area contributed by atoms with Crippen molar-refractivity contribution in [2.45, 2.75) is 57.8 Å². The number of halogens is 1. The lowest BCUT2D eigenvalue weighted by atomic mass is 9.77. The molecular formula is C16H24ClNO. The molecule has 1 aliphatic carbocycles. The molecule has 0 spiro atoms. The second kappa shape index (κ2) is 6.74. The molecule has 106 valence electrons. The number of rotatable bonds is 7. The van der Waals surface area contributed by atoms with Gasteiger partial charge in [-0.15, -0.1) is 0 Å². The van der Waals surface area contributed by atoms with Crippen molar-refractivity contribution in [1.82, 2.24) is 5.32 Å². The Kier molecular flexibility index (Phi) is 5.26. The second-order valence-electron chi connectivity index (χ2n) is 5.81. The van der Waals surface area contributed by atoms with Crippen LogP contribution in [0.25, 0.3) is 0 Å². The van der Waals surface area contributed by atoms with Gasteiger partial charge in [0.2, 0.25) is 0 Å². The normalized spacial score (nSPS) is 17.5. The topological polar surface area (TPSA) is 21.3 Å². The third-order valence-corrected chi connectivity index (χ3v) is 4.11. The molecule has 0 radical (unpaired) electrons. The lowest BCUT2D eigenvalue weighted by Crippen LogP contribution is -2.43. The standard InChI is InChI=1S/C16H24ClNO/c1-13(2)18-11-10-16(8-3-9-16)19-12-14-4-6-15(17)7-5-14/h4-7,13,18H,3,8-12H2,1-2H3. The first-order valence-corrected chi connectivity index (χ1v) is 7.59. The van der Waals surface area contributed by atoms with E-state index in [0.717, 1.165) is 18.0 Å². The molecule has 1 saturated carbocycles. The van der Waals surface area contributed by atoms with Gasteiger partial charge in [-0.05, 0) is 49.9 Å². The Labute approximate surface area is 121 Å². The summed E-state index contributed by atoms with van der Waals surface area (Å²) in [4.78, 5) is 0.